The minimum Gasteiger partial charge on any atom is -0.504 e. The Morgan fingerprint density at radius 3 is 2.50 bits per heavy atom. The number of hydrogen-bond donors (Lipinski definition) is 2. The Morgan fingerprint density at radius 1 is 1.30 bits per heavy atom. The van der Waals surface area contributed by atoms with Gasteiger partial charge in [-0.2, -0.15) is 13.2 Å². The Hall–Kier alpha value is -1.43. The van der Waals surface area contributed by atoms with Crippen molar-refractivity contribution in [3.63, 3.8) is 0 Å². The number of hydrogen-bond acceptors (Lipinski definition) is 3. The van der Waals surface area contributed by atoms with Crippen molar-refractivity contribution in [2.75, 3.05) is 20.2 Å². The summed E-state index contributed by atoms with van der Waals surface area (Å²) < 4.78 is 43.5. The summed E-state index contributed by atoms with van der Waals surface area (Å²) >= 11 is 0. The smallest absolute Gasteiger partial charge is 0.420 e. The number of rotatable bonds is 3. The van der Waals surface area contributed by atoms with Crippen LogP contribution in [0.4, 0.5) is 13.2 Å². The molecule has 0 radical (unpaired) electrons. The molecule has 0 aliphatic carbocycles. The maximum absolute atomic E-state index is 12.9. The number of aromatic hydroxyl groups is 1. The van der Waals surface area contributed by atoms with Gasteiger partial charge in [0.15, 0.2) is 11.5 Å². The van der Waals surface area contributed by atoms with E-state index in [2.05, 4.69) is 5.32 Å². The van der Waals surface area contributed by atoms with E-state index < -0.39 is 17.5 Å². The molecular formula is C14H18F3NO2. The van der Waals surface area contributed by atoms with E-state index in [1.54, 1.807) is 0 Å². The lowest BCUT2D eigenvalue weighted by Gasteiger charge is -2.23. The molecule has 2 N–H and O–H groups in total. The first-order chi connectivity index (χ1) is 9.41. The van der Waals surface area contributed by atoms with Crippen molar-refractivity contribution in [2.45, 2.75) is 25.4 Å². The highest BCUT2D eigenvalue weighted by molar-refractivity contribution is 5.49. The summed E-state index contributed by atoms with van der Waals surface area (Å²) in [6.07, 6.45) is -2.11. The van der Waals surface area contributed by atoms with Crippen LogP contribution in [0.3, 0.4) is 0 Å². The molecule has 1 fully saturated rings. The van der Waals surface area contributed by atoms with Gasteiger partial charge in [-0.25, -0.2) is 0 Å². The molecule has 0 amide bonds. The minimum absolute atomic E-state index is 0.122. The lowest BCUT2D eigenvalue weighted by atomic mass is 9.90. The molecule has 6 heteroatoms. The van der Waals surface area contributed by atoms with Crippen molar-refractivity contribution in [1.82, 2.24) is 5.32 Å². The number of alkyl halides is 3. The van der Waals surface area contributed by atoms with Crippen LogP contribution in [0.15, 0.2) is 12.1 Å². The van der Waals surface area contributed by atoms with Crippen LogP contribution in [0, 0.1) is 5.92 Å². The second-order valence-corrected chi connectivity index (χ2v) is 5.09. The number of benzene rings is 1. The summed E-state index contributed by atoms with van der Waals surface area (Å²) in [7, 11) is 1.25. The summed E-state index contributed by atoms with van der Waals surface area (Å²) in [4.78, 5) is 0. The molecule has 1 aromatic rings. The van der Waals surface area contributed by atoms with Gasteiger partial charge in [0.25, 0.3) is 0 Å². The number of nitrogens with one attached hydrogen (secondary N) is 1. The fraction of sp³-hybridized carbons (Fsp3) is 0.571. The molecule has 20 heavy (non-hydrogen) atoms. The fourth-order valence-corrected chi connectivity index (χ4v) is 2.57. The van der Waals surface area contributed by atoms with Gasteiger partial charge in [0.05, 0.1) is 7.11 Å². The molecule has 112 valence electrons. The number of ether oxygens (including phenoxy) is 1. The molecular weight excluding hydrogens is 271 g/mol. The predicted octanol–water partition coefficient (Wildman–Crippen LogP) is 2.96. The molecule has 0 atom stereocenters. The van der Waals surface area contributed by atoms with E-state index in [4.69, 9.17) is 4.74 Å². The van der Waals surface area contributed by atoms with Gasteiger partial charge in [-0.1, -0.05) is 0 Å². The molecule has 3 nitrogen and oxygen atoms in total. The Morgan fingerprint density at radius 2 is 1.95 bits per heavy atom. The maximum Gasteiger partial charge on any atom is 0.420 e. The SMILES string of the molecule is COc1cc(CC2CCNCC2)cc(C(F)(F)F)c1O. The van der Waals surface area contributed by atoms with E-state index >= 15 is 0 Å². The quantitative estimate of drug-likeness (QED) is 0.899. The van der Waals surface area contributed by atoms with Gasteiger partial charge < -0.3 is 15.2 Å². The first-order valence-electron chi connectivity index (χ1n) is 6.59. The normalized spacial score (nSPS) is 17.2. The van der Waals surface area contributed by atoms with E-state index in [-0.39, 0.29) is 5.75 Å². The lowest BCUT2D eigenvalue weighted by Crippen LogP contribution is -2.28. The molecule has 2 rings (SSSR count). The fourth-order valence-electron chi connectivity index (χ4n) is 2.57. The van der Waals surface area contributed by atoms with Crippen molar-refractivity contribution in [3.8, 4) is 11.5 Å². The van der Waals surface area contributed by atoms with Crippen LogP contribution in [0.1, 0.15) is 24.0 Å². The zero-order valence-electron chi connectivity index (χ0n) is 11.3. The van der Waals surface area contributed by atoms with Crippen LogP contribution >= 0.6 is 0 Å². The molecule has 1 aromatic carbocycles. The van der Waals surface area contributed by atoms with Crippen LogP contribution in [0.5, 0.6) is 11.5 Å². The molecule has 1 heterocycles. The molecule has 1 saturated heterocycles. The maximum atomic E-state index is 12.9. The van der Waals surface area contributed by atoms with Gasteiger partial charge in [0.1, 0.15) is 5.56 Å². The van der Waals surface area contributed by atoms with Gasteiger partial charge >= 0.3 is 6.18 Å². The van der Waals surface area contributed by atoms with Crippen molar-refractivity contribution >= 4 is 0 Å². The van der Waals surface area contributed by atoms with Gasteiger partial charge in [-0.15, -0.1) is 0 Å². The molecule has 1 aliphatic rings. The topological polar surface area (TPSA) is 41.5 Å². The van der Waals surface area contributed by atoms with Crippen LogP contribution in [-0.4, -0.2) is 25.3 Å². The summed E-state index contributed by atoms with van der Waals surface area (Å²) in [5, 5.41) is 12.8. The van der Waals surface area contributed by atoms with Crippen molar-refractivity contribution in [2.24, 2.45) is 5.92 Å². The Labute approximate surface area is 115 Å². The largest absolute Gasteiger partial charge is 0.504 e. The van der Waals surface area contributed by atoms with Crippen LogP contribution in [-0.2, 0) is 12.6 Å². The molecule has 0 unspecified atom stereocenters. The summed E-state index contributed by atoms with van der Waals surface area (Å²) in [6, 6.07) is 2.52. The average molecular weight is 289 g/mol. The summed E-state index contributed by atoms with van der Waals surface area (Å²) in [6.45, 7) is 1.79. The predicted molar refractivity (Wildman–Crippen MR) is 69.0 cm³/mol. The Bertz CT molecular complexity index is 468. The average Bonchev–Trinajstić information content (AvgIpc) is 2.40. The molecule has 1 aliphatic heterocycles. The summed E-state index contributed by atoms with van der Waals surface area (Å²) in [5.74, 6) is -0.593. The van der Waals surface area contributed by atoms with Crippen molar-refractivity contribution in [3.05, 3.63) is 23.3 Å². The number of phenols is 1. The van der Waals surface area contributed by atoms with E-state index in [0.717, 1.165) is 32.0 Å². The van der Waals surface area contributed by atoms with Gasteiger partial charge in [-0.3, -0.25) is 0 Å². The van der Waals surface area contributed by atoms with E-state index in [1.807, 2.05) is 0 Å². The number of piperidine rings is 1. The number of halogens is 3. The first-order valence-corrected chi connectivity index (χ1v) is 6.59. The van der Waals surface area contributed by atoms with E-state index in [0.29, 0.717) is 17.9 Å². The second kappa shape index (κ2) is 5.91. The van der Waals surface area contributed by atoms with Crippen LogP contribution < -0.4 is 10.1 Å². The van der Waals surface area contributed by atoms with E-state index in [9.17, 15) is 18.3 Å². The highest BCUT2D eigenvalue weighted by Gasteiger charge is 2.36. The highest BCUT2D eigenvalue weighted by Crippen LogP contribution is 2.42. The van der Waals surface area contributed by atoms with Gasteiger partial charge in [-0.05, 0) is 56.0 Å². The Balaban J connectivity index is 2.28. The monoisotopic (exact) mass is 289 g/mol. The standard InChI is InChI=1S/C14H18F3NO2/c1-20-12-8-10(6-9-2-4-18-5-3-9)7-11(13(12)19)14(15,16)17/h7-9,18-19H,2-6H2,1H3. The van der Waals surface area contributed by atoms with Crippen molar-refractivity contribution < 1.29 is 23.0 Å². The number of methoxy groups -OCH3 is 1. The summed E-state index contributed by atoms with van der Waals surface area (Å²) in [5.41, 5.74) is -0.473. The van der Waals surface area contributed by atoms with Gasteiger partial charge in [0, 0.05) is 0 Å². The zero-order valence-corrected chi connectivity index (χ0v) is 11.3. The van der Waals surface area contributed by atoms with E-state index in [1.165, 1.54) is 13.2 Å². The third-order valence-electron chi connectivity index (χ3n) is 3.64. The van der Waals surface area contributed by atoms with Crippen LogP contribution in [0.2, 0.25) is 0 Å². The first kappa shape index (κ1) is 15.0. The number of phenolic OH excluding ortho intramolecular Hbond substituents is 1. The third kappa shape index (κ3) is 3.36. The molecule has 0 spiro atoms. The minimum atomic E-state index is -4.58. The van der Waals surface area contributed by atoms with Gasteiger partial charge in [0.2, 0.25) is 0 Å². The Kier molecular flexibility index (Phi) is 4.42. The molecule has 0 aromatic heterocycles. The van der Waals surface area contributed by atoms with Crippen molar-refractivity contribution in [1.29, 1.82) is 0 Å². The molecule has 0 saturated carbocycles. The zero-order chi connectivity index (χ0) is 14.8. The third-order valence-corrected chi connectivity index (χ3v) is 3.64. The lowest BCUT2D eigenvalue weighted by molar-refractivity contribution is -0.138. The molecule has 0 bridgehead atoms. The van der Waals surface area contributed by atoms with Crippen LogP contribution in [0.25, 0.3) is 0 Å². The highest BCUT2D eigenvalue weighted by atomic mass is 19.4. The second-order valence-electron chi connectivity index (χ2n) is 5.09.